The number of imidazole rings is 1. The Hall–Kier alpha value is -1.10. The molecule has 4 rings (SSSR count). The van der Waals surface area contributed by atoms with Crippen molar-refractivity contribution in [3.05, 3.63) is 35.2 Å². The van der Waals surface area contributed by atoms with Gasteiger partial charge in [-0.15, -0.1) is 0 Å². The van der Waals surface area contributed by atoms with Crippen LogP contribution in [0.3, 0.4) is 0 Å². The fourth-order valence-corrected chi connectivity index (χ4v) is 3.83. The second kappa shape index (κ2) is 5.02. The van der Waals surface area contributed by atoms with E-state index in [4.69, 9.17) is 11.6 Å². The van der Waals surface area contributed by atoms with Crippen molar-refractivity contribution in [2.24, 2.45) is 0 Å². The Kier molecular flexibility index (Phi) is 3.17. The molecule has 0 amide bonds. The number of pyridine rings is 1. The smallest absolute Gasteiger partial charge is 0.137 e. The van der Waals surface area contributed by atoms with Crippen molar-refractivity contribution in [1.29, 1.82) is 0 Å². The number of nitrogens with zero attached hydrogens (tertiary/aromatic N) is 3. The van der Waals surface area contributed by atoms with Crippen molar-refractivity contribution in [3.63, 3.8) is 0 Å². The Labute approximate surface area is 123 Å². The van der Waals surface area contributed by atoms with Crippen molar-refractivity contribution in [2.45, 2.75) is 37.9 Å². The van der Waals surface area contributed by atoms with E-state index < -0.39 is 0 Å². The van der Waals surface area contributed by atoms with E-state index in [9.17, 15) is 0 Å². The number of hydrogen-bond acceptors (Lipinski definition) is 3. The maximum absolute atomic E-state index is 6.00. The summed E-state index contributed by atoms with van der Waals surface area (Å²) in [7, 11) is 0. The summed E-state index contributed by atoms with van der Waals surface area (Å²) in [6.45, 7) is 3.38. The zero-order valence-electron chi connectivity index (χ0n) is 11.4. The number of rotatable bonds is 3. The van der Waals surface area contributed by atoms with E-state index in [1.54, 1.807) is 0 Å². The van der Waals surface area contributed by atoms with Crippen molar-refractivity contribution in [3.8, 4) is 0 Å². The molecule has 2 fully saturated rings. The molecule has 2 atom stereocenters. The Balaban J connectivity index is 1.45. The van der Waals surface area contributed by atoms with Crippen LogP contribution in [-0.4, -0.2) is 39.5 Å². The molecule has 0 radical (unpaired) electrons. The minimum absolute atomic E-state index is 0.630. The topological polar surface area (TPSA) is 32.6 Å². The van der Waals surface area contributed by atoms with Gasteiger partial charge in [-0.2, -0.15) is 0 Å². The van der Waals surface area contributed by atoms with E-state index >= 15 is 0 Å². The first-order valence-electron chi connectivity index (χ1n) is 7.40. The molecule has 2 aromatic heterocycles. The molecule has 0 bridgehead atoms. The van der Waals surface area contributed by atoms with Crippen molar-refractivity contribution >= 4 is 17.2 Å². The Morgan fingerprint density at radius 3 is 3.15 bits per heavy atom. The third-order valence-electron chi connectivity index (χ3n) is 4.62. The minimum Gasteiger partial charge on any atom is -0.307 e. The standard InChI is InChI=1S/C15H19ClN4/c16-11-3-4-15-18-12(10-20(15)9-11)8-17-13-5-7-19-6-1-2-14(13)19/h3-4,9-10,13-14,17H,1-2,5-8H2. The molecule has 4 nitrogen and oxygen atoms in total. The third-order valence-corrected chi connectivity index (χ3v) is 4.84. The first kappa shape index (κ1) is 12.6. The van der Waals surface area contributed by atoms with Gasteiger partial charge in [0.15, 0.2) is 0 Å². The van der Waals surface area contributed by atoms with E-state index in [1.165, 1.54) is 32.4 Å². The molecule has 4 heterocycles. The minimum atomic E-state index is 0.630. The SMILES string of the molecule is Clc1ccc2nc(CNC3CCN4CCCC34)cn2c1. The number of halogens is 1. The molecule has 2 aliphatic rings. The molecule has 5 heteroatoms. The lowest BCUT2D eigenvalue weighted by Gasteiger charge is -2.20. The largest absolute Gasteiger partial charge is 0.307 e. The monoisotopic (exact) mass is 290 g/mol. The van der Waals surface area contributed by atoms with Crippen LogP contribution < -0.4 is 5.32 Å². The maximum atomic E-state index is 6.00. The first-order chi connectivity index (χ1) is 9.79. The molecule has 2 aliphatic heterocycles. The maximum Gasteiger partial charge on any atom is 0.137 e. The second-order valence-corrected chi connectivity index (χ2v) is 6.30. The predicted octanol–water partition coefficient (Wildman–Crippen LogP) is 2.31. The molecule has 0 spiro atoms. The molecule has 106 valence electrons. The summed E-state index contributed by atoms with van der Waals surface area (Å²) in [5, 5.41) is 4.44. The predicted molar refractivity (Wildman–Crippen MR) is 80.0 cm³/mol. The zero-order chi connectivity index (χ0) is 13.5. The highest BCUT2D eigenvalue weighted by atomic mass is 35.5. The molecule has 0 aromatic carbocycles. The number of fused-ring (bicyclic) bond motifs is 2. The van der Waals surface area contributed by atoms with E-state index in [-0.39, 0.29) is 0 Å². The third kappa shape index (κ3) is 2.22. The summed E-state index contributed by atoms with van der Waals surface area (Å²) in [5.74, 6) is 0. The molecular formula is C15H19ClN4. The van der Waals surface area contributed by atoms with Crippen LogP contribution >= 0.6 is 11.6 Å². The Bertz CT molecular complexity index is 623. The van der Waals surface area contributed by atoms with Crippen LogP contribution in [0.15, 0.2) is 24.5 Å². The van der Waals surface area contributed by atoms with Crippen LogP contribution in [0.4, 0.5) is 0 Å². The summed E-state index contributed by atoms with van der Waals surface area (Å²) >= 11 is 6.00. The van der Waals surface area contributed by atoms with Gasteiger partial charge in [0, 0.05) is 37.6 Å². The normalized spacial score (nSPS) is 26.4. The summed E-state index contributed by atoms with van der Waals surface area (Å²) in [6, 6.07) is 5.22. The highest BCUT2D eigenvalue weighted by molar-refractivity contribution is 6.30. The molecular weight excluding hydrogens is 272 g/mol. The van der Waals surface area contributed by atoms with E-state index in [0.29, 0.717) is 6.04 Å². The summed E-state index contributed by atoms with van der Waals surface area (Å²) in [5.41, 5.74) is 2.05. The summed E-state index contributed by atoms with van der Waals surface area (Å²) in [6.07, 6.45) is 7.94. The van der Waals surface area contributed by atoms with Gasteiger partial charge >= 0.3 is 0 Å². The fourth-order valence-electron chi connectivity index (χ4n) is 3.66. The van der Waals surface area contributed by atoms with Gasteiger partial charge in [-0.1, -0.05) is 11.6 Å². The van der Waals surface area contributed by atoms with E-state index in [1.807, 2.05) is 22.7 Å². The number of aromatic nitrogens is 2. The van der Waals surface area contributed by atoms with Crippen LogP contribution in [0.2, 0.25) is 5.02 Å². The van der Waals surface area contributed by atoms with Gasteiger partial charge in [-0.25, -0.2) is 4.98 Å². The van der Waals surface area contributed by atoms with Crippen molar-refractivity contribution in [2.75, 3.05) is 13.1 Å². The molecule has 0 saturated carbocycles. The van der Waals surface area contributed by atoms with Crippen LogP contribution in [0.5, 0.6) is 0 Å². The van der Waals surface area contributed by atoms with Gasteiger partial charge in [0.25, 0.3) is 0 Å². The average Bonchev–Trinajstić information content (AvgIpc) is 3.10. The van der Waals surface area contributed by atoms with E-state index in [2.05, 4.69) is 21.4 Å². The van der Waals surface area contributed by atoms with Gasteiger partial charge in [0.2, 0.25) is 0 Å². The molecule has 0 aliphatic carbocycles. The molecule has 1 N–H and O–H groups in total. The fraction of sp³-hybridized carbons (Fsp3) is 0.533. The Morgan fingerprint density at radius 2 is 2.20 bits per heavy atom. The molecule has 2 unspecified atom stereocenters. The number of nitrogens with one attached hydrogen (secondary N) is 1. The Morgan fingerprint density at radius 1 is 1.25 bits per heavy atom. The van der Waals surface area contributed by atoms with Gasteiger partial charge in [0.05, 0.1) is 10.7 Å². The lowest BCUT2D eigenvalue weighted by atomic mass is 10.1. The highest BCUT2D eigenvalue weighted by Crippen LogP contribution is 2.28. The molecule has 20 heavy (non-hydrogen) atoms. The van der Waals surface area contributed by atoms with Crippen molar-refractivity contribution in [1.82, 2.24) is 19.6 Å². The lowest BCUT2D eigenvalue weighted by molar-refractivity contribution is 0.298. The van der Waals surface area contributed by atoms with Gasteiger partial charge in [-0.05, 0) is 37.9 Å². The average molecular weight is 291 g/mol. The van der Waals surface area contributed by atoms with Crippen LogP contribution in [-0.2, 0) is 6.54 Å². The van der Waals surface area contributed by atoms with Crippen LogP contribution in [0, 0.1) is 0 Å². The molecule has 2 saturated heterocycles. The van der Waals surface area contributed by atoms with Crippen LogP contribution in [0.1, 0.15) is 25.0 Å². The lowest BCUT2D eigenvalue weighted by Crippen LogP contribution is -2.38. The van der Waals surface area contributed by atoms with Crippen molar-refractivity contribution < 1.29 is 0 Å². The van der Waals surface area contributed by atoms with Gasteiger partial charge in [0.1, 0.15) is 5.65 Å². The van der Waals surface area contributed by atoms with Crippen LogP contribution in [0.25, 0.3) is 5.65 Å². The van der Waals surface area contributed by atoms with Gasteiger partial charge < -0.3 is 9.72 Å². The van der Waals surface area contributed by atoms with Gasteiger partial charge in [-0.3, -0.25) is 4.90 Å². The summed E-state index contributed by atoms with van der Waals surface area (Å²) < 4.78 is 2.00. The zero-order valence-corrected chi connectivity index (χ0v) is 12.2. The van der Waals surface area contributed by atoms with E-state index in [0.717, 1.165) is 29.0 Å². The first-order valence-corrected chi connectivity index (χ1v) is 7.78. The highest BCUT2D eigenvalue weighted by Gasteiger charge is 2.36. The molecule has 2 aromatic rings. The summed E-state index contributed by atoms with van der Waals surface area (Å²) in [4.78, 5) is 7.25. The second-order valence-electron chi connectivity index (χ2n) is 5.87. The quantitative estimate of drug-likeness (QED) is 0.942. The number of hydrogen-bond donors (Lipinski definition) is 1.